The Morgan fingerprint density at radius 1 is 1.00 bits per heavy atom. The molecule has 0 saturated heterocycles. The molecule has 0 unspecified atom stereocenters. The van der Waals surface area contributed by atoms with Crippen molar-refractivity contribution in [3.63, 3.8) is 0 Å². The number of hydrogen-bond donors (Lipinski definition) is 1. The molecule has 4 aromatic rings. The van der Waals surface area contributed by atoms with Crippen molar-refractivity contribution in [2.45, 2.75) is 29.0 Å². The second-order valence-corrected chi connectivity index (χ2v) is 9.56. The number of benzene rings is 2. The molecule has 0 aliphatic carbocycles. The van der Waals surface area contributed by atoms with Crippen LogP contribution in [0.25, 0.3) is 5.65 Å². The maximum Gasteiger partial charge on any atom is 0.240 e. The minimum atomic E-state index is -3.55. The van der Waals surface area contributed by atoms with Crippen molar-refractivity contribution in [2.24, 2.45) is 0 Å². The summed E-state index contributed by atoms with van der Waals surface area (Å²) in [4.78, 5) is 0.240. The van der Waals surface area contributed by atoms with E-state index < -0.39 is 10.0 Å². The van der Waals surface area contributed by atoms with Crippen LogP contribution in [0.3, 0.4) is 0 Å². The van der Waals surface area contributed by atoms with Gasteiger partial charge in [-0.15, -0.1) is 10.2 Å². The lowest BCUT2D eigenvalue weighted by Crippen LogP contribution is -2.26. The monoisotopic (exact) mass is 439 g/mol. The van der Waals surface area contributed by atoms with E-state index in [0.29, 0.717) is 17.9 Å². The first-order valence-corrected chi connectivity index (χ1v) is 11.9. The summed E-state index contributed by atoms with van der Waals surface area (Å²) in [5.41, 5.74) is 3.10. The Morgan fingerprint density at radius 3 is 2.63 bits per heavy atom. The van der Waals surface area contributed by atoms with Crippen LogP contribution in [0.15, 0.2) is 76.7 Å². The van der Waals surface area contributed by atoms with Gasteiger partial charge in [-0.2, -0.15) is 9.61 Å². The van der Waals surface area contributed by atoms with E-state index in [2.05, 4.69) is 51.2 Å². The third kappa shape index (κ3) is 4.86. The fourth-order valence-electron chi connectivity index (χ4n) is 2.99. The van der Waals surface area contributed by atoms with Crippen molar-refractivity contribution in [1.82, 2.24) is 24.5 Å². The van der Waals surface area contributed by atoms with Gasteiger partial charge in [-0.05, 0) is 36.8 Å². The molecule has 0 aliphatic rings. The summed E-state index contributed by atoms with van der Waals surface area (Å²) in [5.74, 6) is 1.42. The summed E-state index contributed by atoms with van der Waals surface area (Å²) in [6, 6.07) is 20.5. The van der Waals surface area contributed by atoms with Gasteiger partial charge < -0.3 is 0 Å². The molecule has 2 aromatic heterocycles. The summed E-state index contributed by atoms with van der Waals surface area (Å²) in [6.45, 7) is 2.29. The van der Waals surface area contributed by atoms with E-state index >= 15 is 0 Å². The highest BCUT2D eigenvalue weighted by atomic mass is 32.2. The maximum atomic E-state index is 12.3. The van der Waals surface area contributed by atoms with Gasteiger partial charge in [0.1, 0.15) is 5.03 Å². The number of rotatable bonds is 8. The largest absolute Gasteiger partial charge is 0.240 e. The number of nitrogens with zero attached hydrogens (tertiary/aromatic N) is 4. The second kappa shape index (κ2) is 8.95. The molecule has 0 saturated carbocycles. The molecular weight excluding hydrogens is 418 g/mol. The van der Waals surface area contributed by atoms with Crippen molar-refractivity contribution in [3.05, 3.63) is 83.7 Å². The average molecular weight is 440 g/mol. The molecule has 0 fully saturated rings. The van der Waals surface area contributed by atoms with Crippen LogP contribution in [0.5, 0.6) is 0 Å². The van der Waals surface area contributed by atoms with Gasteiger partial charge in [0.15, 0.2) is 11.5 Å². The second-order valence-electron chi connectivity index (χ2n) is 6.80. The Kier molecular flexibility index (Phi) is 6.12. The fraction of sp³-hybridized carbons (Fsp3) is 0.190. The Balaban J connectivity index is 1.42. The van der Waals surface area contributed by atoms with Crippen LogP contribution in [-0.4, -0.2) is 34.8 Å². The van der Waals surface area contributed by atoms with E-state index in [1.54, 1.807) is 46.6 Å². The molecule has 2 aromatic carbocycles. The lowest BCUT2D eigenvalue weighted by molar-refractivity contribution is 0.580. The molecule has 2 heterocycles. The normalized spacial score (nSPS) is 11.8. The minimum absolute atomic E-state index is 0.209. The maximum absolute atomic E-state index is 12.3. The molecular formula is C21H21N5O2S2. The Bertz CT molecular complexity index is 1260. The molecule has 0 aliphatic heterocycles. The van der Waals surface area contributed by atoms with Gasteiger partial charge in [0, 0.05) is 18.7 Å². The SMILES string of the molecule is Cc1cccc(CSc2ccc3nnc(CCNS(=O)(=O)c4ccccc4)n3n2)c1. The molecule has 30 heavy (non-hydrogen) atoms. The van der Waals surface area contributed by atoms with Crippen LogP contribution in [0.2, 0.25) is 0 Å². The van der Waals surface area contributed by atoms with Crippen molar-refractivity contribution in [1.29, 1.82) is 0 Å². The van der Waals surface area contributed by atoms with E-state index in [1.165, 1.54) is 11.1 Å². The lowest BCUT2D eigenvalue weighted by atomic mass is 10.2. The molecule has 0 amide bonds. The quantitative estimate of drug-likeness (QED) is 0.424. The number of sulfonamides is 1. The molecule has 0 radical (unpaired) electrons. The van der Waals surface area contributed by atoms with Crippen molar-refractivity contribution >= 4 is 27.4 Å². The molecule has 4 rings (SSSR count). The topological polar surface area (TPSA) is 89.2 Å². The standard InChI is InChI=1S/C21H21N5O2S2/c1-16-6-5-7-17(14-16)15-29-21-11-10-19-23-24-20(26(19)25-21)12-13-22-30(27,28)18-8-3-2-4-9-18/h2-11,14,22H,12-13,15H2,1H3. The zero-order valence-corrected chi connectivity index (χ0v) is 18.0. The number of nitrogens with one attached hydrogen (secondary N) is 1. The van der Waals surface area contributed by atoms with Crippen LogP contribution in [0.4, 0.5) is 0 Å². The predicted molar refractivity (Wildman–Crippen MR) is 117 cm³/mol. The number of aryl methyl sites for hydroxylation is 1. The van der Waals surface area contributed by atoms with Crippen LogP contribution in [0, 0.1) is 6.92 Å². The predicted octanol–water partition coefficient (Wildman–Crippen LogP) is 3.25. The van der Waals surface area contributed by atoms with E-state index in [-0.39, 0.29) is 11.4 Å². The molecule has 7 nitrogen and oxygen atoms in total. The van der Waals surface area contributed by atoms with E-state index in [0.717, 1.165) is 10.8 Å². The van der Waals surface area contributed by atoms with Gasteiger partial charge in [0.05, 0.1) is 4.90 Å². The summed E-state index contributed by atoms with van der Waals surface area (Å²) in [7, 11) is -3.55. The average Bonchev–Trinajstić information content (AvgIpc) is 3.15. The first kappa shape index (κ1) is 20.5. The smallest absolute Gasteiger partial charge is 0.211 e. The number of aromatic nitrogens is 4. The Hall–Kier alpha value is -2.75. The van der Waals surface area contributed by atoms with Gasteiger partial charge in [-0.1, -0.05) is 59.8 Å². The summed E-state index contributed by atoms with van der Waals surface area (Å²) in [6.07, 6.45) is 0.381. The number of thioether (sulfide) groups is 1. The van der Waals surface area contributed by atoms with Crippen LogP contribution in [0.1, 0.15) is 17.0 Å². The summed E-state index contributed by atoms with van der Waals surface area (Å²) >= 11 is 1.64. The first-order chi connectivity index (χ1) is 14.5. The number of fused-ring (bicyclic) bond motifs is 1. The van der Waals surface area contributed by atoms with Crippen molar-refractivity contribution < 1.29 is 8.42 Å². The number of hydrogen-bond acceptors (Lipinski definition) is 6. The Labute approximate surface area is 179 Å². The molecule has 0 bridgehead atoms. The zero-order valence-electron chi connectivity index (χ0n) is 16.4. The van der Waals surface area contributed by atoms with Gasteiger partial charge in [-0.25, -0.2) is 13.1 Å². The molecule has 0 atom stereocenters. The third-order valence-corrected chi connectivity index (χ3v) is 6.93. The highest BCUT2D eigenvalue weighted by molar-refractivity contribution is 7.98. The Morgan fingerprint density at radius 2 is 1.83 bits per heavy atom. The molecule has 0 spiro atoms. The van der Waals surface area contributed by atoms with E-state index in [4.69, 9.17) is 0 Å². The highest BCUT2D eigenvalue weighted by Crippen LogP contribution is 2.21. The molecule has 9 heteroatoms. The van der Waals surface area contributed by atoms with Gasteiger partial charge in [-0.3, -0.25) is 0 Å². The van der Waals surface area contributed by atoms with E-state index in [9.17, 15) is 8.42 Å². The lowest BCUT2D eigenvalue weighted by Gasteiger charge is -2.06. The van der Waals surface area contributed by atoms with E-state index in [1.807, 2.05) is 12.1 Å². The van der Waals surface area contributed by atoms with Crippen LogP contribution < -0.4 is 4.72 Å². The summed E-state index contributed by atoms with van der Waals surface area (Å²) < 4.78 is 29.0. The van der Waals surface area contributed by atoms with Gasteiger partial charge in [0.25, 0.3) is 0 Å². The third-order valence-electron chi connectivity index (χ3n) is 4.47. The summed E-state index contributed by atoms with van der Waals surface area (Å²) in [5, 5.41) is 13.8. The van der Waals surface area contributed by atoms with Crippen LogP contribution >= 0.6 is 11.8 Å². The van der Waals surface area contributed by atoms with Gasteiger partial charge in [0.2, 0.25) is 10.0 Å². The van der Waals surface area contributed by atoms with Crippen LogP contribution in [-0.2, 0) is 22.2 Å². The van der Waals surface area contributed by atoms with Crippen molar-refractivity contribution in [2.75, 3.05) is 6.54 Å². The minimum Gasteiger partial charge on any atom is -0.211 e. The van der Waals surface area contributed by atoms with Crippen molar-refractivity contribution in [3.8, 4) is 0 Å². The zero-order chi connectivity index (χ0) is 21.0. The van der Waals surface area contributed by atoms with Gasteiger partial charge >= 0.3 is 0 Å². The molecule has 1 N–H and O–H groups in total. The highest BCUT2D eigenvalue weighted by Gasteiger charge is 2.14. The fourth-order valence-corrected chi connectivity index (χ4v) is 4.84. The first-order valence-electron chi connectivity index (χ1n) is 9.46. The molecule has 154 valence electrons.